The SMILES string of the molecule is NC(=O)c1cccc(-c2nc(N3CCOCC3)nc(N3CCOCC3)n2)c1. The lowest BCUT2D eigenvalue weighted by Gasteiger charge is -2.30. The lowest BCUT2D eigenvalue weighted by molar-refractivity contribution is 0.1000. The number of morpholine rings is 2. The second kappa shape index (κ2) is 7.85. The van der Waals surface area contributed by atoms with E-state index in [0.29, 0.717) is 49.7 Å². The predicted octanol–water partition coefficient (Wildman–Crippen LogP) is 0.311. The Kier molecular flexibility index (Phi) is 5.12. The monoisotopic (exact) mass is 370 g/mol. The Morgan fingerprint density at radius 1 is 0.889 bits per heavy atom. The van der Waals surface area contributed by atoms with E-state index in [1.807, 2.05) is 6.07 Å². The van der Waals surface area contributed by atoms with Crippen molar-refractivity contribution in [3.05, 3.63) is 29.8 Å². The summed E-state index contributed by atoms with van der Waals surface area (Å²) >= 11 is 0. The van der Waals surface area contributed by atoms with Gasteiger partial charge in [-0.1, -0.05) is 12.1 Å². The Bertz CT molecular complexity index is 782. The van der Waals surface area contributed by atoms with E-state index in [1.54, 1.807) is 18.2 Å². The molecule has 0 atom stereocenters. The van der Waals surface area contributed by atoms with Crippen LogP contribution in [0.25, 0.3) is 11.4 Å². The van der Waals surface area contributed by atoms with Crippen LogP contribution in [0.15, 0.2) is 24.3 Å². The summed E-state index contributed by atoms with van der Waals surface area (Å²) in [5.41, 5.74) is 6.58. The number of anilines is 2. The van der Waals surface area contributed by atoms with Gasteiger partial charge in [0.15, 0.2) is 5.82 Å². The second-order valence-corrected chi connectivity index (χ2v) is 6.40. The van der Waals surface area contributed by atoms with Crippen LogP contribution in [0.2, 0.25) is 0 Å². The maximum atomic E-state index is 11.5. The molecule has 2 N–H and O–H groups in total. The quantitative estimate of drug-likeness (QED) is 0.820. The first kappa shape index (κ1) is 17.6. The van der Waals surface area contributed by atoms with Crippen molar-refractivity contribution in [3.8, 4) is 11.4 Å². The van der Waals surface area contributed by atoms with Crippen molar-refractivity contribution < 1.29 is 14.3 Å². The second-order valence-electron chi connectivity index (χ2n) is 6.40. The van der Waals surface area contributed by atoms with E-state index in [0.717, 1.165) is 31.7 Å². The highest BCUT2D eigenvalue weighted by atomic mass is 16.5. The van der Waals surface area contributed by atoms with Crippen molar-refractivity contribution in [1.82, 2.24) is 15.0 Å². The Hall–Kier alpha value is -2.78. The van der Waals surface area contributed by atoms with Crippen molar-refractivity contribution in [3.63, 3.8) is 0 Å². The third-order valence-corrected chi connectivity index (χ3v) is 4.60. The van der Waals surface area contributed by atoms with Crippen LogP contribution in [0.5, 0.6) is 0 Å². The van der Waals surface area contributed by atoms with E-state index >= 15 is 0 Å². The molecule has 2 fully saturated rings. The van der Waals surface area contributed by atoms with Gasteiger partial charge in [-0.05, 0) is 12.1 Å². The van der Waals surface area contributed by atoms with E-state index in [9.17, 15) is 4.79 Å². The lowest BCUT2D eigenvalue weighted by Crippen LogP contribution is -2.40. The first-order valence-electron chi connectivity index (χ1n) is 9.02. The number of carbonyl (C=O) groups is 1. The smallest absolute Gasteiger partial charge is 0.248 e. The number of amides is 1. The highest BCUT2D eigenvalue weighted by molar-refractivity contribution is 5.93. The molecule has 2 aromatic rings. The molecular formula is C18H22N6O3. The van der Waals surface area contributed by atoms with E-state index in [1.165, 1.54) is 0 Å². The van der Waals surface area contributed by atoms with Crippen molar-refractivity contribution >= 4 is 17.8 Å². The molecule has 0 radical (unpaired) electrons. The van der Waals surface area contributed by atoms with Crippen molar-refractivity contribution in [2.75, 3.05) is 62.4 Å². The van der Waals surface area contributed by atoms with Gasteiger partial charge < -0.3 is 25.0 Å². The van der Waals surface area contributed by atoms with Gasteiger partial charge in [-0.25, -0.2) is 0 Å². The number of ether oxygens (including phenoxy) is 2. The van der Waals surface area contributed by atoms with Gasteiger partial charge in [0.2, 0.25) is 17.8 Å². The summed E-state index contributed by atoms with van der Waals surface area (Å²) in [5, 5.41) is 0. The number of hydrogen-bond donors (Lipinski definition) is 1. The van der Waals surface area contributed by atoms with Crippen LogP contribution in [0, 0.1) is 0 Å². The normalized spacial score (nSPS) is 17.8. The summed E-state index contributed by atoms with van der Waals surface area (Å²) in [6.07, 6.45) is 0. The molecule has 1 aromatic carbocycles. The van der Waals surface area contributed by atoms with Crippen molar-refractivity contribution in [1.29, 1.82) is 0 Å². The molecule has 2 saturated heterocycles. The van der Waals surface area contributed by atoms with E-state index in [2.05, 4.69) is 19.8 Å². The average molecular weight is 370 g/mol. The van der Waals surface area contributed by atoms with Gasteiger partial charge in [-0.3, -0.25) is 4.79 Å². The van der Waals surface area contributed by atoms with Gasteiger partial charge in [0.05, 0.1) is 26.4 Å². The molecule has 27 heavy (non-hydrogen) atoms. The number of aromatic nitrogens is 3. The van der Waals surface area contributed by atoms with Crippen LogP contribution >= 0.6 is 0 Å². The molecule has 0 aliphatic carbocycles. The molecule has 1 aromatic heterocycles. The molecule has 0 unspecified atom stereocenters. The Labute approximate surface area is 157 Å². The Morgan fingerprint density at radius 3 is 1.96 bits per heavy atom. The molecule has 0 bridgehead atoms. The summed E-state index contributed by atoms with van der Waals surface area (Å²) in [7, 11) is 0. The number of nitrogens with two attached hydrogens (primary N) is 1. The van der Waals surface area contributed by atoms with Gasteiger partial charge >= 0.3 is 0 Å². The van der Waals surface area contributed by atoms with Crippen molar-refractivity contribution in [2.24, 2.45) is 5.73 Å². The van der Waals surface area contributed by atoms with Gasteiger partial charge in [-0.2, -0.15) is 15.0 Å². The minimum absolute atomic E-state index is 0.425. The van der Waals surface area contributed by atoms with Crippen LogP contribution in [0.3, 0.4) is 0 Å². The van der Waals surface area contributed by atoms with Crippen LogP contribution < -0.4 is 15.5 Å². The molecule has 4 rings (SSSR count). The molecule has 3 heterocycles. The summed E-state index contributed by atoms with van der Waals surface area (Å²) in [6.45, 7) is 5.49. The minimum atomic E-state index is -0.479. The average Bonchev–Trinajstić information content (AvgIpc) is 2.75. The molecular weight excluding hydrogens is 348 g/mol. The molecule has 0 spiro atoms. The van der Waals surface area contributed by atoms with Crippen LogP contribution in [0.4, 0.5) is 11.9 Å². The first-order chi connectivity index (χ1) is 13.2. The molecule has 9 heteroatoms. The summed E-state index contributed by atoms with van der Waals surface area (Å²) < 4.78 is 10.9. The van der Waals surface area contributed by atoms with E-state index in [4.69, 9.17) is 20.2 Å². The van der Waals surface area contributed by atoms with Gasteiger partial charge in [0, 0.05) is 37.3 Å². The largest absolute Gasteiger partial charge is 0.378 e. The lowest BCUT2D eigenvalue weighted by atomic mass is 10.1. The van der Waals surface area contributed by atoms with Gasteiger partial charge in [-0.15, -0.1) is 0 Å². The number of primary amides is 1. The summed E-state index contributed by atoms with van der Waals surface area (Å²) in [6, 6.07) is 7.04. The molecule has 142 valence electrons. The van der Waals surface area contributed by atoms with Crippen LogP contribution in [-0.2, 0) is 9.47 Å². The number of benzene rings is 1. The molecule has 2 aliphatic rings. The number of carbonyl (C=O) groups excluding carboxylic acids is 1. The third kappa shape index (κ3) is 3.99. The van der Waals surface area contributed by atoms with Gasteiger partial charge in [0.1, 0.15) is 0 Å². The summed E-state index contributed by atoms with van der Waals surface area (Å²) in [4.78, 5) is 29.7. The topological polar surface area (TPSA) is 107 Å². The fraction of sp³-hybridized carbons (Fsp3) is 0.444. The van der Waals surface area contributed by atoms with E-state index in [-0.39, 0.29) is 0 Å². The maximum Gasteiger partial charge on any atom is 0.248 e. The zero-order chi connectivity index (χ0) is 18.6. The molecule has 2 aliphatic heterocycles. The fourth-order valence-corrected chi connectivity index (χ4v) is 3.10. The number of hydrogen-bond acceptors (Lipinski definition) is 8. The maximum absolute atomic E-state index is 11.5. The molecule has 1 amide bonds. The highest BCUT2D eigenvalue weighted by Gasteiger charge is 2.21. The zero-order valence-corrected chi connectivity index (χ0v) is 15.0. The molecule has 0 saturated carbocycles. The van der Waals surface area contributed by atoms with Gasteiger partial charge in [0.25, 0.3) is 0 Å². The van der Waals surface area contributed by atoms with E-state index < -0.39 is 5.91 Å². The zero-order valence-electron chi connectivity index (χ0n) is 15.0. The third-order valence-electron chi connectivity index (χ3n) is 4.60. The van der Waals surface area contributed by atoms with Crippen molar-refractivity contribution in [2.45, 2.75) is 0 Å². The van der Waals surface area contributed by atoms with Crippen LogP contribution in [0.1, 0.15) is 10.4 Å². The first-order valence-corrected chi connectivity index (χ1v) is 9.02. The molecule has 9 nitrogen and oxygen atoms in total. The standard InChI is InChI=1S/C18H22N6O3/c19-15(25)13-2-1-3-14(12-13)16-20-17(23-4-8-26-9-5-23)22-18(21-16)24-6-10-27-11-7-24/h1-3,12H,4-11H2,(H2,19,25). The highest BCUT2D eigenvalue weighted by Crippen LogP contribution is 2.23. The Balaban J connectivity index is 1.75. The number of nitrogens with zero attached hydrogens (tertiary/aromatic N) is 5. The number of rotatable bonds is 4. The minimum Gasteiger partial charge on any atom is -0.378 e. The Morgan fingerprint density at radius 2 is 1.44 bits per heavy atom. The summed E-state index contributed by atoms with van der Waals surface area (Å²) in [5.74, 6) is 1.28. The van der Waals surface area contributed by atoms with Crippen LogP contribution in [-0.4, -0.2) is 73.5 Å². The fourth-order valence-electron chi connectivity index (χ4n) is 3.10. The predicted molar refractivity (Wildman–Crippen MR) is 99.8 cm³/mol.